The molecule has 1 aromatic carbocycles. The van der Waals surface area contributed by atoms with E-state index in [9.17, 15) is 34.8 Å². The number of aliphatic hydroxyl groups is 3. The molecule has 12 nitrogen and oxygen atoms in total. The summed E-state index contributed by atoms with van der Waals surface area (Å²) in [6.45, 7) is 0.526. The molecule has 3 aliphatic carbocycles. The number of nitrogens with zero attached hydrogens (tertiary/aromatic N) is 3. The van der Waals surface area contributed by atoms with Crippen LogP contribution in [0.25, 0.3) is 17.1 Å². The summed E-state index contributed by atoms with van der Waals surface area (Å²) < 4.78 is 5.99. The van der Waals surface area contributed by atoms with Gasteiger partial charge < -0.3 is 40.4 Å². The van der Waals surface area contributed by atoms with Crippen molar-refractivity contribution in [3.8, 4) is 17.1 Å². The number of aromatic hydroxyl groups is 1. The number of carbonyl (C=O) groups excluding carboxylic acids is 3. The average Bonchev–Trinajstić information content (AvgIpc) is 3.33. The fourth-order valence-corrected chi connectivity index (χ4v) is 6.80. The molecule has 12 heteroatoms. The molecule has 224 valence electrons. The first kappa shape index (κ1) is 29.4. The van der Waals surface area contributed by atoms with Crippen LogP contribution in [0, 0.1) is 11.8 Å². The number of amides is 1. The minimum Gasteiger partial charge on any atom is -0.508 e. The molecule has 3 aliphatic rings. The summed E-state index contributed by atoms with van der Waals surface area (Å²) in [4.78, 5) is 44.8. The number of Topliss-reactive ketones (excluding diaryl/α,β-unsaturated/α-hetero) is 2. The number of aliphatic hydroxyl groups excluding tert-OH is 2. The summed E-state index contributed by atoms with van der Waals surface area (Å²) in [7, 11) is 10.5. The van der Waals surface area contributed by atoms with Gasteiger partial charge in [-0.1, -0.05) is 0 Å². The van der Waals surface area contributed by atoms with Crippen molar-refractivity contribution in [2.45, 2.75) is 31.0 Å². The number of carbonyl (C=O) groups is 3. The first-order valence-electron chi connectivity index (χ1n) is 13.6. The minimum atomic E-state index is -2.69. The number of anilines is 1. The molecule has 4 atom stereocenters. The molecule has 1 fully saturated rings. The lowest BCUT2D eigenvalue weighted by atomic mass is 9.57. The summed E-state index contributed by atoms with van der Waals surface area (Å²) in [5, 5.41) is 46.0. The summed E-state index contributed by atoms with van der Waals surface area (Å²) in [5.41, 5.74) is 3.21. The molecule has 0 radical (unpaired) electrons. The second-order valence-electron chi connectivity index (χ2n) is 12.0. The number of hydrogen-bond acceptors (Lipinski definition) is 11. The van der Waals surface area contributed by atoms with Gasteiger partial charge in [0.1, 0.15) is 34.4 Å². The summed E-state index contributed by atoms with van der Waals surface area (Å²) in [6.07, 6.45) is 0.215. The Morgan fingerprint density at radius 3 is 2.33 bits per heavy atom. The van der Waals surface area contributed by atoms with E-state index in [1.807, 2.05) is 38.0 Å². The van der Waals surface area contributed by atoms with Gasteiger partial charge in [0, 0.05) is 31.3 Å². The summed E-state index contributed by atoms with van der Waals surface area (Å²) in [5.74, 6) is -5.87. The number of primary amides is 1. The Hall–Kier alpha value is -4.13. The standard InChI is InChI=1S/C30H36N4O8/c1-32(2)12-14-7-8-19(42-14)16-11-18(33(3)4)15-9-13-10-17-23(34(5)6)26(37)22(29(31)40)28(39)30(17,41)27(38)20(13)25(36)21(15)24(16)35/h7-8,11,13,17,23,35-36,39,41H,9-10,12H2,1-6H3,(H2,31,40)/t13-,17-,23-,30-/m1/s1. The predicted octanol–water partition coefficient (Wildman–Crippen LogP) is 1.35. The maximum atomic E-state index is 14.1. The number of ketones is 2. The van der Waals surface area contributed by atoms with Crippen molar-refractivity contribution in [1.29, 1.82) is 0 Å². The Morgan fingerprint density at radius 2 is 1.76 bits per heavy atom. The van der Waals surface area contributed by atoms with Gasteiger partial charge in [-0.2, -0.15) is 0 Å². The van der Waals surface area contributed by atoms with Crippen LogP contribution in [0.15, 0.2) is 39.5 Å². The monoisotopic (exact) mass is 580 g/mol. The van der Waals surface area contributed by atoms with Gasteiger partial charge in [-0.05, 0) is 70.7 Å². The number of likely N-dealkylation sites (N-methyl/N-ethyl adjacent to an activating group) is 1. The van der Waals surface area contributed by atoms with Crippen molar-refractivity contribution >= 4 is 28.9 Å². The highest BCUT2D eigenvalue weighted by Gasteiger charge is 2.64. The van der Waals surface area contributed by atoms with Gasteiger partial charge in [0.25, 0.3) is 5.91 Å². The first-order chi connectivity index (χ1) is 19.6. The van der Waals surface area contributed by atoms with E-state index < -0.39 is 58.0 Å². The number of phenols is 1. The third kappa shape index (κ3) is 4.12. The van der Waals surface area contributed by atoms with Crippen LogP contribution in [0.3, 0.4) is 0 Å². The quantitative estimate of drug-likeness (QED) is 0.311. The van der Waals surface area contributed by atoms with E-state index in [1.54, 1.807) is 32.3 Å². The molecule has 1 aromatic heterocycles. The lowest BCUT2D eigenvalue weighted by molar-refractivity contribution is -0.153. The Bertz CT molecular complexity index is 1580. The SMILES string of the molecule is CN(C)Cc1ccc(-c2cc(N(C)C)c3c(c2O)C(O)=C2C(=O)[C@@]4(O)C(O)=C(C(N)=O)C(=O)[C@H](N(C)C)[C@H]4C[C@H]2C3)o1. The van der Waals surface area contributed by atoms with Crippen molar-refractivity contribution in [2.75, 3.05) is 47.2 Å². The van der Waals surface area contributed by atoms with Crippen LogP contribution in [0.1, 0.15) is 23.3 Å². The highest BCUT2D eigenvalue weighted by molar-refractivity contribution is 6.24. The molecule has 1 heterocycles. The maximum Gasteiger partial charge on any atom is 0.255 e. The topological polar surface area (TPSA) is 181 Å². The molecule has 1 saturated carbocycles. The van der Waals surface area contributed by atoms with E-state index >= 15 is 0 Å². The Balaban J connectivity index is 1.73. The largest absolute Gasteiger partial charge is 0.508 e. The van der Waals surface area contributed by atoms with E-state index in [0.717, 1.165) is 0 Å². The second-order valence-corrected chi connectivity index (χ2v) is 12.0. The van der Waals surface area contributed by atoms with Gasteiger partial charge in [0.05, 0.1) is 23.7 Å². The van der Waals surface area contributed by atoms with E-state index in [-0.39, 0.29) is 29.7 Å². The highest BCUT2D eigenvalue weighted by atomic mass is 16.4. The smallest absolute Gasteiger partial charge is 0.255 e. The highest BCUT2D eigenvalue weighted by Crippen LogP contribution is 2.55. The molecule has 42 heavy (non-hydrogen) atoms. The van der Waals surface area contributed by atoms with Crippen LogP contribution in [-0.4, -0.2) is 102 Å². The van der Waals surface area contributed by atoms with E-state index in [1.165, 1.54) is 4.90 Å². The fraction of sp³-hybridized carbons (Fsp3) is 0.433. The normalized spacial score (nSPS) is 25.6. The molecule has 0 saturated heterocycles. The van der Waals surface area contributed by atoms with E-state index in [0.29, 0.717) is 34.9 Å². The second kappa shape index (κ2) is 10.0. The van der Waals surface area contributed by atoms with Crippen molar-refractivity contribution in [2.24, 2.45) is 17.6 Å². The average molecular weight is 581 g/mol. The fourth-order valence-electron chi connectivity index (χ4n) is 6.80. The van der Waals surface area contributed by atoms with Gasteiger partial charge in [-0.25, -0.2) is 0 Å². The number of hydrogen-bond donors (Lipinski definition) is 5. The van der Waals surface area contributed by atoms with Crippen molar-refractivity contribution < 1.29 is 39.2 Å². The number of phenolic OH excluding ortho intramolecular Hbond substituents is 1. The molecule has 6 N–H and O–H groups in total. The Labute approximate surface area is 242 Å². The molecular weight excluding hydrogens is 544 g/mol. The lowest BCUT2D eigenvalue weighted by Gasteiger charge is -2.50. The molecule has 0 aliphatic heterocycles. The molecule has 1 amide bonds. The molecule has 0 spiro atoms. The lowest BCUT2D eigenvalue weighted by Crippen LogP contribution is -2.65. The molecule has 0 bridgehead atoms. The number of furan rings is 1. The molecule has 2 aromatic rings. The molecule has 5 rings (SSSR count). The van der Waals surface area contributed by atoms with Crippen LogP contribution in [0.4, 0.5) is 5.69 Å². The molecular formula is C30H36N4O8. The number of nitrogens with two attached hydrogens (primary N) is 1. The van der Waals surface area contributed by atoms with Crippen LogP contribution >= 0.6 is 0 Å². The van der Waals surface area contributed by atoms with Crippen molar-refractivity contribution in [3.05, 3.63) is 52.0 Å². The van der Waals surface area contributed by atoms with Gasteiger partial charge in [0.2, 0.25) is 5.78 Å². The van der Waals surface area contributed by atoms with E-state index in [4.69, 9.17) is 10.2 Å². The minimum absolute atomic E-state index is 0.0121. The van der Waals surface area contributed by atoms with Gasteiger partial charge in [-0.3, -0.25) is 19.3 Å². The summed E-state index contributed by atoms with van der Waals surface area (Å²) >= 11 is 0. The summed E-state index contributed by atoms with van der Waals surface area (Å²) in [6, 6.07) is 4.12. The van der Waals surface area contributed by atoms with E-state index in [2.05, 4.69) is 0 Å². The van der Waals surface area contributed by atoms with Crippen molar-refractivity contribution in [3.63, 3.8) is 0 Å². The van der Waals surface area contributed by atoms with Gasteiger partial charge in [0.15, 0.2) is 11.4 Å². The zero-order valence-corrected chi connectivity index (χ0v) is 24.4. The van der Waals surface area contributed by atoms with Crippen LogP contribution < -0.4 is 10.6 Å². The van der Waals surface area contributed by atoms with Gasteiger partial charge >= 0.3 is 0 Å². The van der Waals surface area contributed by atoms with Gasteiger partial charge in [-0.15, -0.1) is 0 Å². The number of fused-ring (bicyclic) bond motifs is 3. The number of rotatable bonds is 6. The third-order valence-electron chi connectivity index (χ3n) is 8.58. The Morgan fingerprint density at radius 1 is 1.10 bits per heavy atom. The van der Waals surface area contributed by atoms with Crippen LogP contribution in [0.2, 0.25) is 0 Å². The number of benzene rings is 1. The zero-order valence-electron chi connectivity index (χ0n) is 24.4. The third-order valence-corrected chi connectivity index (χ3v) is 8.58. The Kier molecular flexibility index (Phi) is 6.99. The maximum absolute atomic E-state index is 14.1. The van der Waals surface area contributed by atoms with Crippen molar-refractivity contribution in [1.82, 2.24) is 9.80 Å². The first-order valence-corrected chi connectivity index (χ1v) is 13.6. The molecule has 0 unspecified atom stereocenters. The predicted molar refractivity (Wildman–Crippen MR) is 154 cm³/mol. The van der Waals surface area contributed by atoms with Crippen LogP contribution in [-0.2, 0) is 27.3 Å². The zero-order chi connectivity index (χ0) is 31.0. The van der Waals surface area contributed by atoms with Crippen LogP contribution in [0.5, 0.6) is 5.75 Å².